The molecule has 4 amide bonds. The molecule has 0 spiro atoms. The van der Waals surface area contributed by atoms with Crippen molar-refractivity contribution >= 4 is 54.0 Å². The van der Waals surface area contributed by atoms with Gasteiger partial charge in [-0.25, -0.2) is 4.79 Å². The third-order valence-electron chi connectivity index (χ3n) is 4.33. The average molecular weight is 480 g/mol. The molecule has 178 valence electrons. The summed E-state index contributed by atoms with van der Waals surface area (Å²) in [5, 5.41) is 16.5. The molecule has 0 aliphatic rings. The lowest BCUT2D eigenvalue weighted by molar-refractivity contribution is -0.143. The monoisotopic (exact) mass is 479 g/mol. The molecule has 13 heteroatoms. The first-order valence-corrected chi connectivity index (χ1v) is 11.7. The van der Waals surface area contributed by atoms with Crippen molar-refractivity contribution < 1.29 is 29.1 Å². The Morgan fingerprint density at radius 3 is 1.97 bits per heavy atom. The van der Waals surface area contributed by atoms with Crippen LogP contribution in [0.15, 0.2) is 0 Å². The molecule has 4 atom stereocenters. The Balaban J connectivity index is 5.25. The van der Waals surface area contributed by atoms with Crippen molar-refractivity contribution in [2.24, 2.45) is 17.4 Å². The van der Waals surface area contributed by atoms with Crippen LogP contribution in [0, 0.1) is 5.92 Å². The summed E-state index contributed by atoms with van der Waals surface area (Å²) in [6, 6.07) is -4.31. The van der Waals surface area contributed by atoms with Crippen LogP contribution in [0.3, 0.4) is 0 Å². The number of thioether (sulfide) groups is 1. The van der Waals surface area contributed by atoms with Crippen molar-refractivity contribution in [2.75, 3.05) is 17.8 Å². The number of carbonyl (C=O) groups is 5. The van der Waals surface area contributed by atoms with Crippen molar-refractivity contribution in [2.45, 2.75) is 57.3 Å². The molecule has 0 aliphatic heterocycles. The molecule has 0 rings (SSSR count). The fourth-order valence-electron chi connectivity index (χ4n) is 2.44. The molecule has 4 unspecified atom stereocenters. The first-order chi connectivity index (χ1) is 14.4. The molecule has 0 aliphatic carbocycles. The minimum Gasteiger partial charge on any atom is -0.480 e. The van der Waals surface area contributed by atoms with Gasteiger partial charge in [0.1, 0.15) is 18.1 Å². The highest BCUT2D eigenvalue weighted by Crippen LogP contribution is 2.05. The Hall–Kier alpha value is -1.99. The maximum atomic E-state index is 12.7. The van der Waals surface area contributed by atoms with Crippen LogP contribution in [0.1, 0.15) is 33.1 Å². The van der Waals surface area contributed by atoms with Gasteiger partial charge in [-0.1, -0.05) is 13.8 Å². The largest absolute Gasteiger partial charge is 0.480 e. The number of amides is 4. The van der Waals surface area contributed by atoms with Gasteiger partial charge in [-0.3, -0.25) is 19.2 Å². The third-order valence-corrected chi connectivity index (χ3v) is 5.34. The van der Waals surface area contributed by atoms with Crippen LogP contribution in [0.4, 0.5) is 0 Å². The standard InChI is InChI=1S/C18H33N5O6S2/c1-9(2)14(18(28)29)23-17(27)12(8-30)22-16(26)11(4-5-13(20)24)21-15(25)10(19)6-7-31-3/h9-12,14,30H,4-8,19H2,1-3H3,(H2,20,24)(H,21,25)(H,22,26)(H,23,27)(H,28,29). The maximum Gasteiger partial charge on any atom is 0.326 e. The molecule has 31 heavy (non-hydrogen) atoms. The molecular formula is C18H33N5O6S2. The van der Waals surface area contributed by atoms with Gasteiger partial charge in [-0.15, -0.1) is 0 Å². The highest BCUT2D eigenvalue weighted by atomic mass is 32.2. The first-order valence-electron chi connectivity index (χ1n) is 9.72. The highest BCUT2D eigenvalue weighted by molar-refractivity contribution is 7.98. The van der Waals surface area contributed by atoms with Crippen LogP contribution in [0.2, 0.25) is 0 Å². The van der Waals surface area contributed by atoms with Gasteiger partial charge in [-0.05, 0) is 30.8 Å². The number of nitrogens with two attached hydrogens (primary N) is 2. The van der Waals surface area contributed by atoms with Crippen LogP contribution in [0.25, 0.3) is 0 Å². The quantitative estimate of drug-likeness (QED) is 0.137. The number of nitrogens with one attached hydrogen (secondary N) is 3. The second-order valence-electron chi connectivity index (χ2n) is 7.27. The summed E-state index contributed by atoms with van der Waals surface area (Å²) >= 11 is 5.56. The van der Waals surface area contributed by atoms with Crippen molar-refractivity contribution in [3.63, 3.8) is 0 Å². The molecule has 0 saturated carbocycles. The molecule has 0 aromatic rings. The van der Waals surface area contributed by atoms with E-state index < -0.39 is 53.8 Å². The van der Waals surface area contributed by atoms with Crippen LogP contribution >= 0.6 is 24.4 Å². The van der Waals surface area contributed by atoms with Crippen molar-refractivity contribution in [3.8, 4) is 0 Å². The molecule has 0 heterocycles. The van der Waals surface area contributed by atoms with E-state index in [-0.39, 0.29) is 24.5 Å². The second kappa shape index (κ2) is 14.9. The van der Waals surface area contributed by atoms with Crippen molar-refractivity contribution in [3.05, 3.63) is 0 Å². The Kier molecular flexibility index (Phi) is 14.0. The smallest absolute Gasteiger partial charge is 0.326 e. The molecule has 0 fully saturated rings. The Morgan fingerprint density at radius 2 is 1.52 bits per heavy atom. The van der Waals surface area contributed by atoms with Gasteiger partial charge < -0.3 is 32.5 Å². The average Bonchev–Trinajstić information content (AvgIpc) is 2.69. The van der Waals surface area contributed by atoms with Crippen molar-refractivity contribution in [1.82, 2.24) is 16.0 Å². The molecular weight excluding hydrogens is 446 g/mol. The maximum absolute atomic E-state index is 12.7. The molecule has 0 radical (unpaired) electrons. The molecule has 0 aromatic carbocycles. The third kappa shape index (κ3) is 11.3. The zero-order valence-corrected chi connectivity index (χ0v) is 19.6. The number of aliphatic carboxylic acids is 1. The SMILES string of the molecule is CSCCC(N)C(=O)NC(CCC(N)=O)C(=O)NC(CS)C(=O)NC(C(=O)O)C(C)C. The summed E-state index contributed by atoms with van der Waals surface area (Å²) < 4.78 is 0. The molecule has 0 aromatic heterocycles. The van der Waals surface area contributed by atoms with Gasteiger partial charge in [0, 0.05) is 12.2 Å². The zero-order chi connectivity index (χ0) is 24.1. The first kappa shape index (κ1) is 29.0. The lowest BCUT2D eigenvalue weighted by Gasteiger charge is -2.25. The number of rotatable bonds is 15. The fourth-order valence-corrected chi connectivity index (χ4v) is 3.19. The predicted molar refractivity (Wildman–Crippen MR) is 122 cm³/mol. The molecule has 0 bridgehead atoms. The van der Waals surface area contributed by atoms with Crippen LogP contribution in [0.5, 0.6) is 0 Å². The lowest BCUT2D eigenvalue weighted by Crippen LogP contribution is -2.58. The van der Waals surface area contributed by atoms with Gasteiger partial charge >= 0.3 is 5.97 Å². The van der Waals surface area contributed by atoms with E-state index in [4.69, 9.17) is 11.5 Å². The van der Waals surface area contributed by atoms with E-state index in [1.165, 1.54) is 11.8 Å². The van der Waals surface area contributed by atoms with E-state index in [0.29, 0.717) is 12.2 Å². The van der Waals surface area contributed by atoms with E-state index in [1.807, 2.05) is 6.26 Å². The number of carboxylic acid groups (broad SMARTS) is 1. The number of thiol groups is 1. The van der Waals surface area contributed by atoms with E-state index in [9.17, 15) is 29.1 Å². The van der Waals surface area contributed by atoms with E-state index >= 15 is 0 Å². The van der Waals surface area contributed by atoms with Crippen LogP contribution in [-0.2, 0) is 24.0 Å². The Morgan fingerprint density at radius 1 is 0.968 bits per heavy atom. The summed E-state index contributed by atoms with van der Waals surface area (Å²) in [6.07, 6.45) is 1.99. The van der Waals surface area contributed by atoms with Gasteiger partial charge in [0.05, 0.1) is 6.04 Å². The van der Waals surface area contributed by atoms with E-state index in [2.05, 4.69) is 28.6 Å². The second-order valence-corrected chi connectivity index (χ2v) is 8.62. The van der Waals surface area contributed by atoms with Gasteiger partial charge in [0.15, 0.2) is 0 Å². The minimum atomic E-state index is -1.21. The summed E-state index contributed by atoms with van der Waals surface area (Å²) in [4.78, 5) is 59.9. The number of primary amides is 1. The number of hydrogen-bond acceptors (Lipinski definition) is 8. The zero-order valence-electron chi connectivity index (χ0n) is 17.9. The van der Waals surface area contributed by atoms with Crippen LogP contribution < -0.4 is 27.4 Å². The molecule has 8 N–H and O–H groups in total. The molecule has 11 nitrogen and oxygen atoms in total. The summed E-state index contributed by atoms with van der Waals surface area (Å²) in [5.74, 6) is -3.78. The predicted octanol–water partition coefficient (Wildman–Crippen LogP) is -1.54. The number of hydrogen-bond donors (Lipinski definition) is 7. The normalized spacial score (nSPS) is 14.8. The van der Waals surface area contributed by atoms with Gasteiger partial charge in [-0.2, -0.15) is 24.4 Å². The summed E-state index contributed by atoms with van der Waals surface area (Å²) in [5.41, 5.74) is 11.0. The molecule has 0 saturated heterocycles. The van der Waals surface area contributed by atoms with Gasteiger partial charge in [0.2, 0.25) is 23.6 Å². The lowest BCUT2D eigenvalue weighted by atomic mass is 10.0. The number of carbonyl (C=O) groups excluding carboxylic acids is 4. The summed E-state index contributed by atoms with van der Waals surface area (Å²) in [7, 11) is 0. The Bertz CT molecular complexity index is 649. The van der Waals surface area contributed by atoms with Crippen LogP contribution in [-0.4, -0.2) is 76.6 Å². The van der Waals surface area contributed by atoms with Gasteiger partial charge in [0.25, 0.3) is 0 Å². The summed E-state index contributed by atoms with van der Waals surface area (Å²) in [6.45, 7) is 3.26. The topological polar surface area (TPSA) is 194 Å². The van der Waals surface area contributed by atoms with Crippen molar-refractivity contribution in [1.29, 1.82) is 0 Å². The van der Waals surface area contributed by atoms with E-state index in [0.717, 1.165) is 0 Å². The highest BCUT2D eigenvalue weighted by Gasteiger charge is 2.30. The number of carboxylic acids is 1. The Labute approximate surface area is 191 Å². The fraction of sp³-hybridized carbons (Fsp3) is 0.722. The minimum absolute atomic E-state index is 0.0905. The van der Waals surface area contributed by atoms with E-state index in [1.54, 1.807) is 13.8 Å².